The normalized spacial score (nSPS) is 15.3. The first kappa shape index (κ1) is 40.3. The first-order valence-electron chi connectivity index (χ1n) is 17.4. The van der Waals surface area contributed by atoms with E-state index in [0.717, 1.165) is 44.4 Å². The van der Waals surface area contributed by atoms with Gasteiger partial charge in [0.2, 0.25) is 0 Å². The van der Waals surface area contributed by atoms with Gasteiger partial charge in [-0.05, 0) is 44.4 Å². The second kappa shape index (κ2) is 30.8. The van der Waals surface area contributed by atoms with Crippen LogP contribution in [0.25, 0.3) is 0 Å². The summed E-state index contributed by atoms with van der Waals surface area (Å²) in [6, 6.07) is -0.854. The number of aliphatic hydroxyl groups excluding tert-OH is 3. The molecule has 0 aromatic rings. The van der Waals surface area contributed by atoms with Crippen LogP contribution >= 0.6 is 0 Å². The monoisotopic (exact) mass is 590 g/mol. The highest BCUT2D eigenvalue weighted by Gasteiger charge is 2.21. The smallest absolute Gasteiger partial charge is 0.253 e. The van der Waals surface area contributed by atoms with Crippen LogP contribution in [0.1, 0.15) is 149 Å². The van der Waals surface area contributed by atoms with E-state index >= 15 is 0 Å². The molecule has 5 nitrogen and oxygen atoms in total. The van der Waals surface area contributed by atoms with Gasteiger partial charge in [-0.25, -0.2) is 0 Å². The summed E-state index contributed by atoms with van der Waals surface area (Å²) in [5.41, 5.74) is 0. The Hall–Kier alpha value is -1.69. The van der Waals surface area contributed by atoms with Gasteiger partial charge in [0, 0.05) is 0 Å². The summed E-state index contributed by atoms with van der Waals surface area (Å²) >= 11 is 0. The van der Waals surface area contributed by atoms with E-state index in [-0.39, 0.29) is 0 Å². The van der Waals surface area contributed by atoms with Crippen LogP contribution in [-0.2, 0) is 4.79 Å². The third kappa shape index (κ3) is 26.0. The van der Waals surface area contributed by atoms with Gasteiger partial charge in [-0.2, -0.15) is 0 Å². The Balaban J connectivity index is 3.96. The fourth-order valence-electron chi connectivity index (χ4n) is 5.05. The van der Waals surface area contributed by atoms with E-state index in [1.54, 1.807) is 6.08 Å². The molecule has 42 heavy (non-hydrogen) atoms. The molecule has 0 bridgehead atoms. The zero-order valence-electron chi connectivity index (χ0n) is 27.5. The lowest BCUT2D eigenvalue weighted by atomic mass is 9.98. The van der Waals surface area contributed by atoms with Crippen molar-refractivity contribution in [3.05, 3.63) is 48.6 Å². The van der Waals surface area contributed by atoms with Crippen molar-refractivity contribution < 1.29 is 20.1 Å². The molecule has 4 N–H and O–H groups in total. The molecule has 0 aliphatic carbocycles. The first-order valence-corrected chi connectivity index (χ1v) is 17.4. The molecule has 5 heteroatoms. The number of carbonyl (C=O) groups is 1. The molecule has 0 saturated heterocycles. The number of unbranched alkanes of at least 4 members (excludes halogenated alkanes) is 14. The van der Waals surface area contributed by atoms with Crippen LogP contribution in [0.5, 0.6) is 0 Å². The molecule has 0 rings (SSSR count). The highest BCUT2D eigenvalue weighted by Crippen LogP contribution is 2.16. The van der Waals surface area contributed by atoms with Gasteiger partial charge in [-0.3, -0.25) is 4.79 Å². The summed E-state index contributed by atoms with van der Waals surface area (Å²) in [6.45, 7) is 6.46. The lowest BCUT2D eigenvalue weighted by Crippen LogP contribution is -2.48. The minimum absolute atomic E-state index is 0.408. The third-order valence-electron chi connectivity index (χ3n) is 7.81. The molecule has 244 valence electrons. The number of allylic oxidation sites excluding steroid dienone is 6. The zero-order valence-corrected chi connectivity index (χ0v) is 27.5. The van der Waals surface area contributed by atoms with E-state index in [4.69, 9.17) is 0 Å². The number of hydrogen-bond acceptors (Lipinski definition) is 4. The molecule has 0 aromatic heterocycles. The number of hydrogen-bond donors (Lipinski definition) is 4. The first-order chi connectivity index (χ1) is 20.5. The van der Waals surface area contributed by atoms with Crippen molar-refractivity contribution in [2.45, 2.75) is 167 Å². The minimum atomic E-state index is -1.29. The van der Waals surface area contributed by atoms with Crippen molar-refractivity contribution in [1.82, 2.24) is 5.32 Å². The van der Waals surface area contributed by atoms with Crippen molar-refractivity contribution >= 4 is 5.91 Å². The van der Waals surface area contributed by atoms with Gasteiger partial charge < -0.3 is 20.6 Å². The quantitative estimate of drug-likeness (QED) is 0.0398. The lowest BCUT2D eigenvalue weighted by Gasteiger charge is -2.20. The average Bonchev–Trinajstić information content (AvgIpc) is 2.98. The van der Waals surface area contributed by atoms with E-state index < -0.39 is 30.8 Å². The van der Waals surface area contributed by atoms with Gasteiger partial charge in [0.1, 0.15) is 0 Å². The summed E-state index contributed by atoms with van der Waals surface area (Å²) in [4.78, 5) is 12.3. The molecular formula is C37H67NO4. The van der Waals surface area contributed by atoms with Crippen LogP contribution < -0.4 is 5.32 Å². The maximum atomic E-state index is 12.3. The third-order valence-corrected chi connectivity index (χ3v) is 7.81. The largest absolute Gasteiger partial charge is 0.394 e. The van der Waals surface area contributed by atoms with Crippen LogP contribution in [0.2, 0.25) is 0 Å². The van der Waals surface area contributed by atoms with E-state index in [0.29, 0.717) is 0 Å². The molecule has 4 unspecified atom stereocenters. The van der Waals surface area contributed by atoms with E-state index in [1.165, 1.54) is 96.0 Å². The van der Waals surface area contributed by atoms with Crippen LogP contribution in [0.15, 0.2) is 48.6 Å². The summed E-state index contributed by atoms with van der Waals surface area (Å²) in [5.74, 6) is 0.268. The Morgan fingerprint density at radius 2 is 1.17 bits per heavy atom. The molecule has 1 amide bonds. The van der Waals surface area contributed by atoms with Crippen LogP contribution in [0.3, 0.4) is 0 Å². The fraction of sp³-hybridized carbons (Fsp3) is 0.757. The Morgan fingerprint density at radius 1 is 0.643 bits per heavy atom. The van der Waals surface area contributed by atoms with Crippen LogP contribution in [0.4, 0.5) is 0 Å². The summed E-state index contributed by atoms with van der Waals surface area (Å²) < 4.78 is 0. The zero-order chi connectivity index (χ0) is 31.1. The summed E-state index contributed by atoms with van der Waals surface area (Å²) in [5, 5.41) is 32.7. The van der Waals surface area contributed by atoms with Gasteiger partial charge in [-0.1, -0.05) is 159 Å². The molecular weight excluding hydrogens is 522 g/mol. The molecule has 0 fully saturated rings. The van der Waals surface area contributed by atoms with Crippen LogP contribution in [0, 0.1) is 5.92 Å². The Kier molecular flexibility index (Phi) is 29.5. The number of amides is 1. The minimum Gasteiger partial charge on any atom is -0.394 e. The summed E-state index contributed by atoms with van der Waals surface area (Å²) in [7, 11) is 0. The second-order valence-electron chi connectivity index (χ2n) is 12.0. The van der Waals surface area contributed by atoms with Gasteiger partial charge in [-0.15, -0.1) is 0 Å². The van der Waals surface area contributed by atoms with Gasteiger partial charge in [0.05, 0.1) is 18.8 Å². The van der Waals surface area contributed by atoms with Crippen molar-refractivity contribution in [2.24, 2.45) is 5.92 Å². The number of aliphatic hydroxyl groups is 3. The number of nitrogens with one attached hydrogen (secondary N) is 1. The van der Waals surface area contributed by atoms with Crippen LogP contribution in [-0.4, -0.2) is 46.1 Å². The van der Waals surface area contributed by atoms with E-state index in [2.05, 4.69) is 50.4 Å². The number of carbonyl (C=O) groups excluding carboxylic acids is 1. The van der Waals surface area contributed by atoms with Gasteiger partial charge in [0.15, 0.2) is 6.10 Å². The highest BCUT2D eigenvalue weighted by atomic mass is 16.3. The standard InChI is InChI=1S/C37H67NO4/c1-4-6-7-8-9-10-11-12-13-17-20-23-26-30-35(40)34(32-39)38-37(42)36(41)31-27-24-21-18-15-14-16-19-22-25-29-33(3)28-5-2/h11-13,17,26-27,30-31,33-36,39-41H,4-10,14-16,18-25,28-29,32H2,1-3H3,(H,38,42). The fourth-order valence-corrected chi connectivity index (χ4v) is 5.05. The Bertz CT molecular complexity index is 715. The molecule has 0 radical (unpaired) electrons. The second-order valence-corrected chi connectivity index (χ2v) is 12.0. The predicted octanol–water partition coefficient (Wildman–Crippen LogP) is 8.89. The Morgan fingerprint density at radius 3 is 1.79 bits per heavy atom. The van der Waals surface area contributed by atoms with Gasteiger partial charge >= 0.3 is 0 Å². The van der Waals surface area contributed by atoms with E-state index in [9.17, 15) is 20.1 Å². The van der Waals surface area contributed by atoms with Crippen molar-refractivity contribution in [1.29, 1.82) is 0 Å². The Labute approximate surface area is 259 Å². The molecule has 4 atom stereocenters. The molecule has 0 aromatic carbocycles. The lowest BCUT2D eigenvalue weighted by molar-refractivity contribution is -0.128. The molecule has 0 aliphatic rings. The van der Waals surface area contributed by atoms with Gasteiger partial charge in [0.25, 0.3) is 5.91 Å². The highest BCUT2D eigenvalue weighted by molar-refractivity contribution is 5.82. The maximum absolute atomic E-state index is 12.3. The van der Waals surface area contributed by atoms with E-state index in [1.807, 2.05) is 12.2 Å². The van der Waals surface area contributed by atoms with Crippen molar-refractivity contribution in [3.63, 3.8) is 0 Å². The molecule has 0 aliphatic heterocycles. The maximum Gasteiger partial charge on any atom is 0.253 e. The molecule has 0 spiro atoms. The number of rotatable bonds is 29. The average molecular weight is 590 g/mol. The summed E-state index contributed by atoms with van der Waals surface area (Å²) in [6.07, 6.45) is 37.1. The SMILES string of the molecule is CCCCCCCC=CC=CCCC=CC(O)C(CO)NC(=O)C(O)C=CCCCCCCCCCCC(C)CCC. The topological polar surface area (TPSA) is 89.8 Å². The van der Waals surface area contributed by atoms with Crippen molar-refractivity contribution in [3.8, 4) is 0 Å². The van der Waals surface area contributed by atoms with Crippen molar-refractivity contribution in [2.75, 3.05) is 6.61 Å². The molecule has 0 saturated carbocycles. The molecule has 0 heterocycles. The predicted molar refractivity (Wildman–Crippen MR) is 180 cm³/mol.